The zero-order chi connectivity index (χ0) is 15.0. The highest BCUT2D eigenvalue weighted by atomic mass is 16.6. The number of nitriles is 1. The van der Waals surface area contributed by atoms with Crippen molar-refractivity contribution in [2.24, 2.45) is 0 Å². The number of aliphatic hydroxyl groups is 1. The molecule has 0 aliphatic carbocycles. The van der Waals surface area contributed by atoms with Crippen molar-refractivity contribution in [1.29, 1.82) is 5.26 Å². The molecule has 0 bridgehead atoms. The van der Waals surface area contributed by atoms with Crippen LogP contribution in [0, 0.1) is 21.4 Å². The van der Waals surface area contributed by atoms with Crippen LogP contribution in [0.15, 0.2) is 18.2 Å². The van der Waals surface area contributed by atoms with Crippen molar-refractivity contribution in [3.63, 3.8) is 0 Å². The van der Waals surface area contributed by atoms with Crippen LogP contribution in [0.2, 0.25) is 0 Å². The number of hydrogen-bond donors (Lipinski definition) is 2. The Hall–Kier alpha value is -2.66. The highest BCUT2D eigenvalue weighted by Crippen LogP contribution is 2.27. The van der Waals surface area contributed by atoms with Gasteiger partial charge in [0.1, 0.15) is 0 Å². The minimum Gasteiger partial charge on any atom is -0.477 e. The maximum absolute atomic E-state index is 11.3. The molecule has 0 saturated heterocycles. The van der Waals surface area contributed by atoms with Gasteiger partial charge in [-0.25, -0.2) is 0 Å². The molecule has 2 N–H and O–H groups in total. The lowest BCUT2D eigenvalue weighted by Gasteiger charge is -2.07. The fourth-order valence-electron chi connectivity index (χ4n) is 1.38. The fourth-order valence-corrected chi connectivity index (χ4v) is 1.38. The predicted octanol–water partition coefficient (Wildman–Crippen LogP) is 0.496. The van der Waals surface area contributed by atoms with Crippen LogP contribution in [0.1, 0.15) is 12.0 Å². The van der Waals surface area contributed by atoms with Crippen molar-refractivity contribution < 1.29 is 19.6 Å². The van der Waals surface area contributed by atoms with Crippen molar-refractivity contribution in [3.05, 3.63) is 33.9 Å². The molecule has 0 spiro atoms. The van der Waals surface area contributed by atoms with E-state index in [-0.39, 0.29) is 37.6 Å². The summed E-state index contributed by atoms with van der Waals surface area (Å²) < 4.78 is 5.07. The van der Waals surface area contributed by atoms with Crippen LogP contribution in [-0.4, -0.2) is 29.1 Å². The summed E-state index contributed by atoms with van der Waals surface area (Å²) in [5.41, 5.74) is 0.0592. The number of ether oxygens (including phenoxy) is 1. The number of nitrogens with zero attached hydrogens (tertiary/aromatic N) is 2. The van der Waals surface area contributed by atoms with Gasteiger partial charge in [-0.2, -0.15) is 5.26 Å². The summed E-state index contributed by atoms with van der Waals surface area (Å²) in [6.07, 6.45) is 0.178. The van der Waals surface area contributed by atoms with E-state index in [1.54, 1.807) is 0 Å². The van der Waals surface area contributed by atoms with Gasteiger partial charge in [0, 0.05) is 12.6 Å². The number of carbonyl (C=O) groups excluding carboxylic acids is 1. The van der Waals surface area contributed by atoms with Gasteiger partial charge in [-0.1, -0.05) is 6.07 Å². The first-order valence-corrected chi connectivity index (χ1v) is 5.73. The largest absolute Gasteiger partial charge is 0.477 e. The SMILES string of the molecule is N#CCCNC(=O)COc1ccc(CO)cc1[N+](=O)[O-]. The number of nitro groups is 1. The van der Waals surface area contributed by atoms with E-state index in [4.69, 9.17) is 15.1 Å². The molecule has 0 unspecified atom stereocenters. The molecule has 20 heavy (non-hydrogen) atoms. The maximum Gasteiger partial charge on any atom is 0.311 e. The van der Waals surface area contributed by atoms with E-state index in [0.29, 0.717) is 5.56 Å². The average Bonchev–Trinajstić information content (AvgIpc) is 2.45. The number of carbonyl (C=O) groups is 1. The van der Waals surface area contributed by atoms with Crippen LogP contribution in [0.4, 0.5) is 5.69 Å². The molecule has 8 nitrogen and oxygen atoms in total. The topological polar surface area (TPSA) is 125 Å². The van der Waals surface area contributed by atoms with Crippen molar-refractivity contribution in [2.45, 2.75) is 13.0 Å². The Labute approximate surface area is 114 Å². The molecular weight excluding hydrogens is 266 g/mol. The number of nitro benzene ring substituents is 1. The van der Waals surface area contributed by atoms with Gasteiger partial charge in [0.25, 0.3) is 5.91 Å². The monoisotopic (exact) mass is 279 g/mol. The summed E-state index contributed by atoms with van der Waals surface area (Å²) in [6.45, 7) is -0.509. The van der Waals surface area contributed by atoms with E-state index in [1.165, 1.54) is 18.2 Å². The molecule has 0 atom stereocenters. The molecule has 1 aromatic rings. The van der Waals surface area contributed by atoms with Crippen LogP contribution in [0.5, 0.6) is 5.75 Å². The summed E-state index contributed by atoms with van der Waals surface area (Å²) in [6, 6.07) is 5.84. The van der Waals surface area contributed by atoms with Gasteiger partial charge in [-0.15, -0.1) is 0 Å². The lowest BCUT2D eigenvalue weighted by Crippen LogP contribution is -2.29. The third-order valence-corrected chi connectivity index (χ3v) is 2.32. The summed E-state index contributed by atoms with van der Waals surface area (Å²) in [5, 5.41) is 30.5. The molecule has 0 radical (unpaired) electrons. The van der Waals surface area contributed by atoms with Gasteiger partial charge in [0.05, 0.1) is 24.0 Å². The fraction of sp³-hybridized carbons (Fsp3) is 0.333. The molecule has 0 aliphatic heterocycles. The van der Waals surface area contributed by atoms with Crippen molar-refractivity contribution in [3.8, 4) is 11.8 Å². The van der Waals surface area contributed by atoms with E-state index in [1.807, 2.05) is 6.07 Å². The average molecular weight is 279 g/mol. The first-order chi connectivity index (χ1) is 9.58. The van der Waals surface area contributed by atoms with Crippen LogP contribution < -0.4 is 10.1 Å². The third kappa shape index (κ3) is 4.55. The minimum atomic E-state index is -0.651. The van der Waals surface area contributed by atoms with Gasteiger partial charge >= 0.3 is 5.69 Å². The molecule has 1 aromatic carbocycles. The van der Waals surface area contributed by atoms with Crippen molar-refractivity contribution >= 4 is 11.6 Å². The van der Waals surface area contributed by atoms with Crippen LogP contribution >= 0.6 is 0 Å². The van der Waals surface area contributed by atoms with Gasteiger partial charge in [0.15, 0.2) is 12.4 Å². The Morgan fingerprint density at radius 2 is 2.30 bits per heavy atom. The highest BCUT2D eigenvalue weighted by molar-refractivity contribution is 5.77. The predicted molar refractivity (Wildman–Crippen MR) is 67.8 cm³/mol. The molecule has 1 amide bonds. The second-order valence-electron chi connectivity index (χ2n) is 3.76. The molecule has 0 heterocycles. The maximum atomic E-state index is 11.3. The van der Waals surface area contributed by atoms with E-state index in [0.717, 1.165) is 0 Å². The van der Waals surface area contributed by atoms with Gasteiger partial charge < -0.3 is 15.2 Å². The second kappa shape index (κ2) is 7.70. The van der Waals surface area contributed by atoms with Gasteiger partial charge in [-0.05, 0) is 11.6 Å². The smallest absolute Gasteiger partial charge is 0.311 e. The molecule has 0 saturated carbocycles. The molecule has 8 heteroatoms. The summed E-state index contributed by atoms with van der Waals surface area (Å²) in [7, 11) is 0. The van der Waals surface area contributed by atoms with Gasteiger partial charge in [-0.3, -0.25) is 14.9 Å². The normalized spacial score (nSPS) is 9.60. The second-order valence-corrected chi connectivity index (χ2v) is 3.76. The Balaban J connectivity index is 2.66. The Morgan fingerprint density at radius 1 is 1.55 bits per heavy atom. The van der Waals surface area contributed by atoms with E-state index >= 15 is 0 Å². The lowest BCUT2D eigenvalue weighted by molar-refractivity contribution is -0.385. The Bertz CT molecular complexity index is 538. The third-order valence-electron chi connectivity index (χ3n) is 2.32. The molecule has 0 aromatic heterocycles. The number of rotatable bonds is 7. The number of nitrogens with one attached hydrogen (secondary N) is 1. The molecular formula is C12H13N3O5. The number of hydrogen-bond acceptors (Lipinski definition) is 6. The molecule has 1 rings (SSSR count). The van der Waals surface area contributed by atoms with E-state index < -0.39 is 10.8 Å². The summed E-state index contributed by atoms with van der Waals surface area (Å²) >= 11 is 0. The number of amides is 1. The van der Waals surface area contributed by atoms with Crippen LogP contribution in [-0.2, 0) is 11.4 Å². The van der Waals surface area contributed by atoms with Crippen LogP contribution in [0.25, 0.3) is 0 Å². The standard InChI is InChI=1S/C12H13N3O5/c13-4-1-5-14-12(17)8-20-11-3-2-9(7-16)6-10(11)15(18)19/h2-3,6,16H,1,5,7-8H2,(H,14,17). The zero-order valence-corrected chi connectivity index (χ0v) is 10.5. The first kappa shape index (κ1) is 15.4. The lowest BCUT2D eigenvalue weighted by atomic mass is 10.2. The minimum absolute atomic E-state index is 0.0531. The summed E-state index contributed by atoms with van der Waals surface area (Å²) in [5.74, 6) is -0.525. The molecule has 0 fully saturated rings. The van der Waals surface area contributed by atoms with Crippen LogP contribution in [0.3, 0.4) is 0 Å². The molecule has 0 aliphatic rings. The Kier molecular flexibility index (Phi) is 5.93. The highest BCUT2D eigenvalue weighted by Gasteiger charge is 2.16. The van der Waals surface area contributed by atoms with Crippen molar-refractivity contribution in [2.75, 3.05) is 13.2 Å². The number of benzene rings is 1. The zero-order valence-electron chi connectivity index (χ0n) is 10.5. The Morgan fingerprint density at radius 3 is 2.90 bits per heavy atom. The van der Waals surface area contributed by atoms with E-state index in [2.05, 4.69) is 5.32 Å². The van der Waals surface area contributed by atoms with Gasteiger partial charge in [0.2, 0.25) is 0 Å². The summed E-state index contributed by atoms with van der Waals surface area (Å²) in [4.78, 5) is 21.5. The van der Waals surface area contributed by atoms with E-state index in [9.17, 15) is 14.9 Å². The first-order valence-electron chi connectivity index (χ1n) is 5.73. The quantitative estimate of drug-likeness (QED) is 0.425. The molecule has 106 valence electrons. The van der Waals surface area contributed by atoms with Crippen molar-refractivity contribution in [1.82, 2.24) is 5.32 Å². The number of aliphatic hydroxyl groups excluding tert-OH is 1.